The van der Waals surface area contributed by atoms with Gasteiger partial charge < -0.3 is 5.73 Å². The lowest BCUT2D eigenvalue weighted by molar-refractivity contribution is 0.818. The molecule has 0 aliphatic carbocycles. The lowest BCUT2D eigenvalue weighted by Crippen LogP contribution is -2.04. The molecule has 1 atom stereocenters. The van der Waals surface area contributed by atoms with Gasteiger partial charge in [-0.25, -0.2) is 0 Å². The van der Waals surface area contributed by atoms with Crippen molar-refractivity contribution in [1.82, 2.24) is 4.98 Å². The Morgan fingerprint density at radius 3 is 2.69 bits per heavy atom. The molecule has 1 aromatic heterocycles. The highest BCUT2D eigenvalue weighted by atomic mass is 35.5. The summed E-state index contributed by atoms with van der Waals surface area (Å²) in [6.45, 7) is 1.95. The molecule has 0 radical (unpaired) electrons. The van der Waals surface area contributed by atoms with Gasteiger partial charge in [0, 0.05) is 22.8 Å². The highest BCUT2D eigenvalue weighted by Gasteiger charge is 2.07. The molecule has 3 heteroatoms. The summed E-state index contributed by atoms with van der Waals surface area (Å²) in [5, 5.41) is 0.697. The molecule has 0 saturated carbocycles. The minimum atomic E-state index is -0.000251. The third kappa shape index (κ3) is 2.23. The fraction of sp³-hybridized carbons (Fsp3) is 0.154. The van der Waals surface area contributed by atoms with Crippen LogP contribution in [0, 0.1) is 0 Å². The van der Waals surface area contributed by atoms with Gasteiger partial charge in [0.05, 0.1) is 5.69 Å². The second-order valence-electron chi connectivity index (χ2n) is 3.74. The maximum Gasteiger partial charge on any atom is 0.0717 e. The van der Waals surface area contributed by atoms with Gasteiger partial charge in [0.2, 0.25) is 0 Å². The van der Waals surface area contributed by atoms with E-state index in [2.05, 4.69) is 4.98 Å². The average Bonchev–Trinajstić information content (AvgIpc) is 2.30. The fourth-order valence-electron chi connectivity index (χ4n) is 1.54. The van der Waals surface area contributed by atoms with Crippen LogP contribution in [-0.4, -0.2) is 4.98 Å². The van der Waals surface area contributed by atoms with Crippen molar-refractivity contribution in [3.05, 3.63) is 53.2 Å². The van der Waals surface area contributed by atoms with Crippen molar-refractivity contribution in [2.45, 2.75) is 13.0 Å². The van der Waals surface area contributed by atoms with Gasteiger partial charge in [-0.3, -0.25) is 4.98 Å². The first-order valence-electron chi connectivity index (χ1n) is 5.15. The Labute approximate surface area is 100 Å². The van der Waals surface area contributed by atoms with Gasteiger partial charge in [-0.15, -0.1) is 0 Å². The van der Waals surface area contributed by atoms with Crippen molar-refractivity contribution in [3.8, 4) is 11.3 Å². The van der Waals surface area contributed by atoms with Crippen LogP contribution in [0.25, 0.3) is 11.3 Å². The normalized spacial score (nSPS) is 12.4. The molecule has 0 spiro atoms. The van der Waals surface area contributed by atoms with Gasteiger partial charge in [-0.05, 0) is 36.8 Å². The summed E-state index contributed by atoms with van der Waals surface area (Å²) in [4.78, 5) is 4.28. The first-order valence-corrected chi connectivity index (χ1v) is 5.52. The Balaban J connectivity index is 2.52. The van der Waals surface area contributed by atoms with E-state index in [9.17, 15) is 0 Å². The lowest BCUT2D eigenvalue weighted by Gasteiger charge is -2.09. The summed E-state index contributed by atoms with van der Waals surface area (Å²) in [7, 11) is 0. The van der Waals surface area contributed by atoms with Crippen LogP contribution in [0.4, 0.5) is 0 Å². The van der Waals surface area contributed by atoms with Crippen LogP contribution in [0.15, 0.2) is 42.6 Å². The molecule has 16 heavy (non-hydrogen) atoms. The summed E-state index contributed by atoms with van der Waals surface area (Å²) < 4.78 is 0. The zero-order valence-electron chi connectivity index (χ0n) is 9.02. The molecule has 82 valence electrons. The van der Waals surface area contributed by atoms with Crippen molar-refractivity contribution in [3.63, 3.8) is 0 Å². The van der Waals surface area contributed by atoms with E-state index in [4.69, 9.17) is 17.3 Å². The molecular formula is C13H13ClN2. The predicted molar refractivity (Wildman–Crippen MR) is 67.3 cm³/mol. The highest BCUT2D eigenvalue weighted by molar-refractivity contribution is 6.33. The van der Waals surface area contributed by atoms with Crippen molar-refractivity contribution >= 4 is 11.6 Å². The van der Waals surface area contributed by atoms with Crippen LogP contribution >= 0.6 is 11.6 Å². The maximum atomic E-state index is 6.15. The molecule has 2 rings (SSSR count). The predicted octanol–water partition coefficient (Wildman–Crippen LogP) is 3.42. The number of rotatable bonds is 2. The number of aromatic nitrogens is 1. The van der Waals surface area contributed by atoms with Gasteiger partial charge in [-0.1, -0.05) is 23.7 Å². The Morgan fingerprint density at radius 1 is 1.25 bits per heavy atom. The Kier molecular flexibility index (Phi) is 3.22. The molecule has 1 heterocycles. The fourth-order valence-corrected chi connectivity index (χ4v) is 1.76. The van der Waals surface area contributed by atoms with Crippen LogP contribution in [0.1, 0.15) is 18.5 Å². The molecule has 0 aliphatic heterocycles. The SMILES string of the molecule is CC(N)c1ccc(Cl)c(-c2ccccn2)c1. The molecular weight excluding hydrogens is 220 g/mol. The van der Waals surface area contributed by atoms with Gasteiger partial charge in [0.25, 0.3) is 0 Å². The molecule has 1 unspecified atom stereocenters. The first-order chi connectivity index (χ1) is 7.68. The van der Waals surface area contributed by atoms with Crippen LogP contribution in [0.5, 0.6) is 0 Å². The zero-order valence-corrected chi connectivity index (χ0v) is 9.78. The number of benzene rings is 1. The molecule has 0 amide bonds. The van der Waals surface area contributed by atoms with Crippen molar-refractivity contribution in [2.75, 3.05) is 0 Å². The standard InChI is InChI=1S/C13H13ClN2/c1-9(15)10-5-6-12(14)11(8-10)13-4-2-3-7-16-13/h2-9H,15H2,1H3. The van der Waals surface area contributed by atoms with Gasteiger partial charge >= 0.3 is 0 Å². The van der Waals surface area contributed by atoms with Crippen molar-refractivity contribution in [2.24, 2.45) is 5.73 Å². The first kappa shape index (κ1) is 11.1. The number of nitrogens with two attached hydrogens (primary N) is 1. The number of halogens is 1. The van der Waals surface area contributed by atoms with Crippen LogP contribution in [-0.2, 0) is 0 Å². The molecule has 0 aliphatic rings. The molecule has 2 nitrogen and oxygen atoms in total. The smallest absolute Gasteiger partial charge is 0.0717 e. The minimum absolute atomic E-state index is 0.000251. The average molecular weight is 233 g/mol. The van der Waals surface area contributed by atoms with E-state index in [0.29, 0.717) is 5.02 Å². The van der Waals surface area contributed by atoms with E-state index < -0.39 is 0 Å². The third-order valence-electron chi connectivity index (χ3n) is 2.46. The van der Waals surface area contributed by atoms with E-state index in [1.165, 1.54) is 0 Å². The molecule has 0 bridgehead atoms. The molecule has 0 fully saturated rings. The van der Waals surface area contributed by atoms with E-state index in [1.54, 1.807) is 6.20 Å². The van der Waals surface area contributed by atoms with Crippen LogP contribution < -0.4 is 5.73 Å². The highest BCUT2D eigenvalue weighted by Crippen LogP contribution is 2.28. The van der Waals surface area contributed by atoms with E-state index in [0.717, 1.165) is 16.8 Å². The second kappa shape index (κ2) is 4.64. The molecule has 0 saturated heterocycles. The largest absolute Gasteiger partial charge is 0.324 e. The van der Waals surface area contributed by atoms with Gasteiger partial charge in [-0.2, -0.15) is 0 Å². The molecule has 2 N–H and O–H groups in total. The van der Waals surface area contributed by atoms with E-state index in [1.807, 2.05) is 43.3 Å². The van der Waals surface area contributed by atoms with E-state index in [-0.39, 0.29) is 6.04 Å². The molecule has 1 aromatic carbocycles. The number of hydrogen-bond acceptors (Lipinski definition) is 2. The van der Waals surface area contributed by atoms with Crippen LogP contribution in [0.2, 0.25) is 5.02 Å². The Bertz CT molecular complexity index is 481. The van der Waals surface area contributed by atoms with Crippen LogP contribution in [0.3, 0.4) is 0 Å². The monoisotopic (exact) mass is 232 g/mol. The van der Waals surface area contributed by atoms with Crippen molar-refractivity contribution < 1.29 is 0 Å². The maximum absolute atomic E-state index is 6.15. The third-order valence-corrected chi connectivity index (χ3v) is 2.79. The second-order valence-corrected chi connectivity index (χ2v) is 4.15. The summed E-state index contributed by atoms with van der Waals surface area (Å²) in [6.07, 6.45) is 1.75. The summed E-state index contributed by atoms with van der Waals surface area (Å²) in [6, 6.07) is 11.6. The lowest BCUT2D eigenvalue weighted by atomic mass is 10.0. The zero-order chi connectivity index (χ0) is 11.5. The summed E-state index contributed by atoms with van der Waals surface area (Å²) >= 11 is 6.15. The van der Waals surface area contributed by atoms with Gasteiger partial charge in [0.1, 0.15) is 0 Å². The van der Waals surface area contributed by atoms with Crippen molar-refractivity contribution in [1.29, 1.82) is 0 Å². The Hall–Kier alpha value is -1.38. The Morgan fingerprint density at radius 2 is 2.06 bits per heavy atom. The number of hydrogen-bond donors (Lipinski definition) is 1. The quantitative estimate of drug-likeness (QED) is 0.862. The van der Waals surface area contributed by atoms with E-state index >= 15 is 0 Å². The summed E-state index contributed by atoms with van der Waals surface area (Å²) in [5.41, 5.74) is 8.71. The number of pyridine rings is 1. The molecule has 2 aromatic rings. The van der Waals surface area contributed by atoms with Gasteiger partial charge in [0.15, 0.2) is 0 Å². The topological polar surface area (TPSA) is 38.9 Å². The summed E-state index contributed by atoms with van der Waals surface area (Å²) in [5.74, 6) is 0. The number of nitrogens with zero attached hydrogens (tertiary/aromatic N) is 1. The minimum Gasteiger partial charge on any atom is -0.324 e.